The first-order valence-electron chi connectivity index (χ1n) is 9.41. The molecule has 0 saturated heterocycles. The Balaban J connectivity index is 1.36. The second-order valence-electron chi connectivity index (χ2n) is 6.93. The molecule has 0 aromatic heterocycles. The highest BCUT2D eigenvalue weighted by Gasteiger charge is 2.24. The number of carbonyl (C=O) groups is 1. The van der Waals surface area contributed by atoms with Crippen molar-refractivity contribution >= 4 is 11.6 Å². The van der Waals surface area contributed by atoms with Crippen molar-refractivity contribution < 1.29 is 9.53 Å². The average molecular weight is 352 g/mol. The summed E-state index contributed by atoms with van der Waals surface area (Å²) in [5.74, 6) is 0.964. The third-order valence-corrected chi connectivity index (χ3v) is 5.05. The van der Waals surface area contributed by atoms with Crippen LogP contribution < -0.4 is 15.0 Å². The van der Waals surface area contributed by atoms with E-state index >= 15 is 0 Å². The minimum atomic E-state index is 0.121. The fourth-order valence-electron chi connectivity index (χ4n) is 3.59. The van der Waals surface area contributed by atoms with Crippen molar-refractivity contribution in [1.82, 2.24) is 5.32 Å². The molecule has 0 aliphatic carbocycles. The Morgan fingerprint density at radius 2 is 1.96 bits per heavy atom. The number of anilines is 1. The molecular weight excluding hydrogens is 324 g/mol. The number of aryl methyl sites for hydroxylation is 1. The maximum absolute atomic E-state index is 12.0. The Hall–Kier alpha value is -2.49. The molecule has 2 aromatic rings. The Labute approximate surface area is 156 Å². The molecule has 0 fully saturated rings. The fraction of sp³-hybridized carbons (Fsp3) is 0.409. The van der Waals surface area contributed by atoms with E-state index in [-0.39, 0.29) is 5.91 Å². The Bertz CT molecular complexity index is 727. The highest BCUT2D eigenvalue weighted by atomic mass is 16.5. The summed E-state index contributed by atoms with van der Waals surface area (Å²) < 4.78 is 5.15. The van der Waals surface area contributed by atoms with Gasteiger partial charge in [0.1, 0.15) is 5.75 Å². The van der Waals surface area contributed by atoms with Gasteiger partial charge in [-0.25, -0.2) is 0 Å². The third kappa shape index (κ3) is 4.57. The van der Waals surface area contributed by atoms with E-state index in [0.29, 0.717) is 12.5 Å². The van der Waals surface area contributed by atoms with Gasteiger partial charge in [0.05, 0.1) is 7.11 Å². The van der Waals surface area contributed by atoms with Crippen molar-refractivity contribution in [2.75, 3.05) is 25.1 Å². The number of methoxy groups -OCH3 is 1. The molecule has 1 atom stereocenters. The molecule has 0 saturated carbocycles. The highest BCUT2D eigenvalue weighted by Crippen LogP contribution is 2.31. The predicted octanol–water partition coefficient (Wildman–Crippen LogP) is 3.59. The van der Waals surface area contributed by atoms with Gasteiger partial charge in [-0.1, -0.05) is 30.3 Å². The average Bonchev–Trinajstić information content (AvgIpc) is 2.99. The van der Waals surface area contributed by atoms with Gasteiger partial charge >= 0.3 is 0 Å². The minimum Gasteiger partial charge on any atom is -0.497 e. The molecule has 26 heavy (non-hydrogen) atoms. The van der Waals surface area contributed by atoms with Crippen LogP contribution in [0.1, 0.15) is 30.9 Å². The first kappa shape index (κ1) is 18.3. The normalized spacial score (nSPS) is 15.6. The van der Waals surface area contributed by atoms with E-state index in [0.717, 1.165) is 43.7 Å². The van der Waals surface area contributed by atoms with Crippen molar-refractivity contribution in [3.05, 3.63) is 59.7 Å². The third-order valence-electron chi connectivity index (χ3n) is 5.05. The maximum atomic E-state index is 12.0. The van der Waals surface area contributed by atoms with Crippen LogP contribution in [0.25, 0.3) is 0 Å². The first-order valence-corrected chi connectivity index (χ1v) is 9.41. The number of nitrogens with zero attached hydrogens (tertiary/aromatic N) is 1. The topological polar surface area (TPSA) is 41.6 Å². The largest absolute Gasteiger partial charge is 0.497 e. The fourth-order valence-corrected chi connectivity index (χ4v) is 3.59. The molecule has 4 heteroatoms. The second kappa shape index (κ2) is 8.75. The molecule has 1 heterocycles. The Morgan fingerprint density at radius 1 is 1.19 bits per heavy atom. The molecule has 0 bridgehead atoms. The van der Waals surface area contributed by atoms with E-state index in [9.17, 15) is 4.79 Å². The molecule has 1 amide bonds. The van der Waals surface area contributed by atoms with Crippen LogP contribution in [0, 0.1) is 0 Å². The summed E-state index contributed by atoms with van der Waals surface area (Å²) in [7, 11) is 1.66. The number of hydrogen-bond acceptors (Lipinski definition) is 3. The molecule has 1 aliphatic heterocycles. The van der Waals surface area contributed by atoms with Gasteiger partial charge in [-0.2, -0.15) is 0 Å². The number of para-hydroxylation sites is 1. The number of rotatable bonds is 8. The van der Waals surface area contributed by atoms with Gasteiger partial charge in [0.15, 0.2) is 0 Å². The zero-order chi connectivity index (χ0) is 18.4. The van der Waals surface area contributed by atoms with Crippen molar-refractivity contribution in [3.63, 3.8) is 0 Å². The molecule has 0 spiro atoms. The monoisotopic (exact) mass is 352 g/mol. The lowest BCUT2D eigenvalue weighted by atomic mass is 10.1. The van der Waals surface area contributed by atoms with Gasteiger partial charge in [-0.3, -0.25) is 4.79 Å². The molecule has 0 radical (unpaired) electrons. The van der Waals surface area contributed by atoms with Crippen molar-refractivity contribution in [3.8, 4) is 5.75 Å². The van der Waals surface area contributed by atoms with Crippen molar-refractivity contribution in [1.29, 1.82) is 0 Å². The lowest BCUT2D eigenvalue weighted by molar-refractivity contribution is -0.121. The van der Waals surface area contributed by atoms with E-state index in [1.54, 1.807) is 7.11 Å². The number of ether oxygens (including phenoxy) is 1. The summed E-state index contributed by atoms with van der Waals surface area (Å²) in [5.41, 5.74) is 3.94. The van der Waals surface area contributed by atoms with Gasteiger partial charge in [0.25, 0.3) is 0 Å². The van der Waals surface area contributed by atoms with Crippen LogP contribution in [0.2, 0.25) is 0 Å². The Kier molecular flexibility index (Phi) is 6.16. The molecule has 3 rings (SSSR count). The lowest BCUT2D eigenvalue weighted by Crippen LogP contribution is -2.33. The van der Waals surface area contributed by atoms with Crippen LogP contribution in [0.5, 0.6) is 5.75 Å². The Morgan fingerprint density at radius 3 is 2.73 bits per heavy atom. The molecule has 0 unspecified atom stereocenters. The van der Waals surface area contributed by atoms with Crippen LogP contribution in [0.4, 0.5) is 5.69 Å². The van der Waals surface area contributed by atoms with Crippen LogP contribution >= 0.6 is 0 Å². The summed E-state index contributed by atoms with van der Waals surface area (Å²) in [4.78, 5) is 14.5. The van der Waals surface area contributed by atoms with Crippen LogP contribution in [0.3, 0.4) is 0 Å². The van der Waals surface area contributed by atoms with Gasteiger partial charge in [-0.15, -0.1) is 0 Å². The first-order chi connectivity index (χ1) is 12.7. The van der Waals surface area contributed by atoms with E-state index < -0.39 is 0 Å². The highest BCUT2D eigenvalue weighted by molar-refractivity contribution is 5.76. The second-order valence-corrected chi connectivity index (χ2v) is 6.93. The predicted molar refractivity (Wildman–Crippen MR) is 106 cm³/mol. The molecule has 1 aliphatic rings. The van der Waals surface area contributed by atoms with Crippen molar-refractivity contribution in [2.45, 2.75) is 38.6 Å². The number of amides is 1. The summed E-state index contributed by atoms with van der Waals surface area (Å²) in [6.07, 6.45) is 3.36. The standard InChI is InChI=1S/C22H28N2O2/c1-17-16-19-6-3-4-7-21(19)24(17)15-5-14-23-22(25)13-10-18-8-11-20(26-2)12-9-18/h3-4,6-9,11-12,17H,5,10,13-16H2,1-2H3,(H,23,25)/t17-/m0/s1. The van der Waals surface area contributed by atoms with Crippen molar-refractivity contribution in [2.24, 2.45) is 0 Å². The molecule has 4 nitrogen and oxygen atoms in total. The van der Waals surface area contributed by atoms with Gasteiger partial charge in [-0.05, 0) is 55.5 Å². The number of carbonyl (C=O) groups excluding carboxylic acids is 1. The van der Waals surface area contributed by atoms with Gasteiger partial charge in [0, 0.05) is 31.2 Å². The maximum Gasteiger partial charge on any atom is 0.220 e. The number of hydrogen-bond donors (Lipinski definition) is 1. The van der Waals surface area contributed by atoms with Crippen LogP contribution in [-0.2, 0) is 17.6 Å². The summed E-state index contributed by atoms with van der Waals surface area (Å²) >= 11 is 0. The molecular formula is C22H28N2O2. The van der Waals surface area contributed by atoms with Crippen LogP contribution in [0.15, 0.2) is 48.5 Å². The van der Waals surface area contributed by atoms with Gasteiger partial charge in [0.2, 0.25) is 5.91 Å². The summed E-state index contributed by atoms with van der Waals surface area (Å²) in [5, 5.41) is 3.05. The molecule has 2 aromatic carbocycles. The summed E-state index contributed by atoms with van der Waals surface area (Å²) in [6.45, 7) is 3.98. The quantitative estimate of drug-likeness (QED) is 0.738. The van der Waals surface area contributed by atoms with E-state index in [1.165, 1.54) is 11.3 Å². The number of benzene rings is 2. The molecule has 138 valence electrons. The van der Waals surface area contributed by atoms with E-state index in [4.69, 9.17) is 4.74 Å². The lowest BCUT2D eigenvalue weighted by Gasteiger charge is -2.24. The zero-order valence-electron chi connectivity index (χ0n) is 15.7. The summed E-state index contributed by atoms with van der Waals surface area (Å²) in [6, 6.07) is 17.1. The SMILES string of the molecule is COc1ccc(CCC(=O)NCCCN2c3ccccc3C[C@@H]2C)cc1. The van der Waals surface area contributed by atoms with E-state index in [2.05, 4.69) is 41.4 Å². The molecule has 1 N–H and O–H groups in total. The zero-order valence-corrected chi connectivity index (χ0v) is 15.7. The smallest absolute Gasteiger partial charge is 0.220 e. The number of nitrogens with one attached hydrogen (secondary N) is 1. The number of fused-ring (bicyclic) bond motifs is 1. The van der Waals surface area contributed by atoms with E-state index in [1.807, 2.05) is 24.3 Å². The minimum absolute atomic E-state index is 0.121. The van der Waals surface area contributed by atoms with Crippen LogP contribution in [-0.4, -0.2) is 32.1 Å². The van der Waals surface area contributed by atoms with Gasteiger partial charge < -0.3 is 15.0 Å².